The molecule has 0 saturated carbocycles. The van der Waals surface area contributed by atoms with Gasteiger partial charge in [0, 0.05) is 43.1 Å². The Hall–Kier alpha value is -3.15. The van der Waals surface area contributed by atoms with E-state index in [2.05, 4.69) is 16.0 Å². The largest absolute Gasteiger partial charge is 0.416 e. The molecule has 1 aromatic heterocycles. The van der Waals surface area contributed by atoms with Crippen molar-refractivity contribution in [1.29, 1.82) is 0 Å². The zero-order valence-corrected chi connectivity index (χ0v) is 16.4. The molecule has 2 aromatic rings. The first-order chi connectivity index (χ1) is 14.2. The summed E-state index contributed by atoms with van der Waals surface area (Å²) in [5, 5.41) is 22.4. The molecule has 0 aliphatic rings. The molecule has 3 N–H and O–H groups in total. The predicted molar refractivity (Wildman–Crippen MR) is 105 cm³/mol. The molecule has 1 aromatic carbocycles. The molecule has 0 saturated heterocycles. The SMILES string of the molecule is O=C(CCCNC(=O)c1ccsc1)NCCNc1ccc(C(F)(F)F)cc1[N+](=O)[O-]. The Morgan fingerprint density at radius 2 is 1.87 bits per heavy atom. The molecule has 2 rings (SSSR count). The van der Waals surface area contributed by atoms with Crippen LogP contribution in [0.5, 0.6) is 0 Å². The van der Waals surface area contributed by atoms with Crippen LogP contribution in [-0.2, 0) is 11.0 Å². The fourth-order valence-corrected chi connectivity index (χ4v) is 3.08. The first-order valence-electron chi connectivity index (χ1n) is 8.85. The molecule has 0 atom stereocenters. The number of nitrogens with one attached hydrogen (secondary N) is 3. The van der Waals surface area contributed by atoms with Crippen LogP contribution in [0, 0.1) is 10.1 Å². The van der Waals surface area contributed by atoms with Crippen LogP contribution in [-0.4, -0.2) is 36.4 Å². The molecule has 0 unspecified atom stereocenters. The number of alkyl halides is 3. The average molecular weight is 444 g/mol. The smallest absolute Gasteiger partial charge is 0.378 e. The number of nitro benzene ring substituents is 1. The minimum Gasteiger partial charge on any atom is -0.378 e. The maximum absolute atomic E-state index is 12.7. The number of nitro groups is 1. The van der Waals surface area contributed by atoms with Crippen molar-refractivity contribution in [3.63, 3.8) is 0 Å². The number of hydrogen-bond acceptors (Lipinski definition) is 6. The second kappa shape index (κ2) is 10.6. The molecule has 8 nitrogen and oxygen atoms in total. The average Bonchev–Trinajstić information content (AvgIpc) is 3.22. The van der Waals surface area contributed by atoms with Crippen molar-refractivity contribution in [2.24, 2.45) is 0 Å². The van der Waals surface area contributed by atoms with Crippen molar-refractivity contribution in [3.05, 3.63) is 56.3 Å². The van der Waals surface area contributed by atoms with Crippen LogP contribution >= 0.6 is 11.3 Å². The van der Waals surface area contributed by atoms with E-state index in [4.69, 9.17) is 0 Å². The molecule has 0 fully saturated rings. The van der Waals surface area contributed by atoms with Gasteiger partial charge in [-0.05, 0) is 30.0 Å². The summed E-state index contributed by atoms with van der Waals surface area (Å²) in [4.78, 5) is 33.6. The van der Waals surface area contributed by atoms with Gasteiger partial charge >= 0.3 is 6.18 Å². The standard InChI is InChI=1S/C18H19F3N4O4S/c19-18(20,21)13-3-4-14(15(10-13)25(28)29)22-7-8-23-16(26)2-1-6-24-17(27)12-5-9-30-11-12/h3-5,9-11,22H,1-2,6-8H2,(H,23,26)(H,24,27). The summed E-state index contributed by atoms with van der Waals surface area (Å²) < 4.78 is 38.1. The Kier molecular flexibility index (Phi) is 8.16. The van der Waals surface area contributed by atoms with Crippen LogP contribution < -0.4 is 16.0 Å². The van der Waals surface area contributed by atoms with Gasteiger partial charge in [0.25, 0.3) is 11.6 Å². The Balaban J connectivity index is 1.69. The van der Waals surface area contributed by atoms with Crippen molar-refractivity contribution in [2.75, 3.05) is 25.0 Å². The fraction of sp³-hybridized carbons (Fsp3) is 0.333. The first-order valence-corrected chi connectivity index (χ1v) is 9.79. The Morgan fingerprint density at radius 3 is 2.50 bits per heavy atom. The lowest BCUT2D eigenvalue weighted by molar-refractivity contribution is -0.384. The lowest BCUT2D eigenvalue weighted by Crippen LogP contribution is -2.30. The van der Waals surface area contributed by atoms with Crippen LogP contribution in [0.15, 0.2) is 35.0 Å². The van der Waals surface area contributed by atoms with Crippen molar-refractivity contribution in [1.82, 2.24) is 10.6 Å². The molecular formula is C18H19F3N4O4S. The molecule has 0 spiro atoms. The maximum Gasteiger partial charge on any atom is 0.416 e. The number of halogens is 3. The van der Waals surface area contributed by atoms with Crippen molar-refractivity contribution < 1.29 is 27.7 Å². The summed E-state index contributed by atoms with van der Waals surface area (Å²) in [5.41, 5.74) is -1.32. The topological polar surface area (TPSA) is 113 Å². The van der Waals surface area contributed by atoms with Crippen LogP contribution in [0.2, 0.25) is 0 Å². The van der Waals surface area contributed by atoms with E-state index in [1.54, 1.807) is 16.8 Å². The Morgan fingerprint density at radius 1 is 1.10 bits per heavy atom. The van der Waals surface area contributed by atoms with Crippen LogP contribution in [0.1, 0.15) is 28.8 Å². The Bertz CT molecular complexity index is 888. The van der Waals surface area contributed by atoms with E-state index < -0.39 is 22.4 Å². The van der Waals surface area contributed by atoms with Gasteiger partial charge in [-0.1, -0.05) is 0 Å². The van der Waals surface area contributed by atoms with Crippen molar-refractivity contribution in [3.8, 4) is 0 Å². The lowest BCUT2D eigenvalue weighted by atomic mass is 10.1. The van der Waals surface area contributed by atoms with Gasteiger partial charge in [0.2, 0.25) is 5.91 Å². The molecule has 0 aliphatic carbocycles. The lowest BCUT2D eigenvalue weighted by Gasteiger charge is -2.11. The summed E-state index contributed by atoms with van der Waals surface area (Å²) in [6.07, 6.45) is -4.08. The van der Waals surface area contributed by atoms with E-state index in [0.717, 1.165) is 12.1 Å². The highest BCUT2D eigenvalue weighted by atomic mass is 32.1. The summed E-state index contributed by atoms with van der Waals surface area (Å²) in [5.74, 6) is -0.484. The molecule has 0 radical (unpaired) electrons. The number of carbonyl (C=O) groups is 2. The number of carbonyl (C=O) groups excluding carboxylic acids is 2. The van der Waals surface area contributed by atoms with E-state index in [-0.39, 0.29) is 37.0 Å². The quantitative estimate of drug-likeness (QED) is 0.295. The summed E-state index contributed by atoms with van der Waals surface area (Å²) in [6, 6.07) is 3.89. The summed E-state index contributed by atoms with van der Waals surface area (Å²) in [7, 11) is 0. The van der Waals surface area contributed by atoms with Gasteiger partial charge in [-0.25, -0.2) is 0 Å². The van der Waals surface area contributed by atoms with E-state index in [1.165, 1.54) is 11.3 Å². The van der Waals surface area contributed by atoms with Crippen molar-refractivity contribution in [2.45, 2.75) is 19.0 Å². The monoisotopic (exact) mass is 444 g/mol. The van der Waals surface area contributed by atoms with E-state index in [0.29, 0.717) is 24.6 Å². The third kappa shape index (κ3) is 7.03. The predicted octanol–water partition coefficient (Wildman–Crippen LogP) is 3.41. The van der Waals surface area contributed by atoms with Gasteiger partial charge in [-0.2, -0.15) is 24.5 Å². The van der Waals surface area contributed by atoms with Gasteiger partial charge in [0.1, 0.15) is 5.69 Å². The van der Waals surface area contributed by atoms with Crippen LogP contribution in [0.4, 0.5) is 24.5 Å². The third-order valence-electron chi connectivity index (χ3n) is 3.93. The summed E-state index contributed by atoms with van der Waals surface area (Å²) in [6.45, 7) is 0.545. The maximum atomic E-state index is 12.7. The van der Waals surface area contributed by atoms with Crippen LogP contribution in [0.25, 0.3) is 0 Å². The normalized spacial score (nSPS) is 11.0. The van der Waals surface area contributed by atoms with Crippen LogP contribution in [0.3, 0.4) is 0 Å². The van der Waals surface area contributed by atoms with Gasteiger partial charge in [-0.3, -0.25) is 19.7 Å². The molecule has 2 amide bonds. The second-order valence-corrected chi connectivity index (χ2v) is 6.92. The number of amides is 2. The molecule has 0 bridgehead atoms. The summed E-state index contributed by atoms with van der Waals surface area (Å²) >= 11 is 1.41. The highest BCUT2D eigenvalue weighted by Gasteiger charge is 2.32. The number of rotatable bonds is 10. The Labute approximate surface area is 173 Å². The van der Waals surface area contributed by atoms with E-state index in [1.807, 2.05) is 0 Å². The number of anilines is 1. The minimum absolute atomic E-state index is 0.0709. The molecule has 1 heterocycles. The molecular weight excluding hydrogens is 425 g/mol. The first kappa shape index (κ1) is 23.1. The number of benzene rings is 1. The zero-order valence-electron chi connectivity index (χ0n) is 15.6. The second-order valence-electron chi connectivity index (χ2n) is 6.14. The van der Waals surface area contributed by atoms with Gasteiger partial charge in [0.05, 0.1) is 10.5 Å². The fourth-order valence-electron chi connectivity index (χ4n) is 2.44. The molecule has 162 valence electrons. The highest BCUT2D eigenvalue weighted by Crippen LogP contribution is 2.34. The number of hydrogen-bond donors (Lipinski definition) is 3. The number of thiophene rings is 1. The number of nitrogens with zero attached hydrogens (tertiary/aromatic N) is 1. The van der Waals surface area contributed by atoms with E-state index in [9.17, 15) is 32.9 Å². The minimum atomic E-state index is -4.68. The van der Waals surface area contributed by atoms with Crippen molar-refractivity contribution >= 4 is 34.5 Å². The van der Waals surface area contributed by atoms with E-state index >= 15 is 0 Å². The molecule has 30 heavy (non-hydrogen) atoms. The highest BCUT2D eigenvalue weighted by molar-refractivity contribution is 7.08. The molecule has 12 heteroatoms. The third-order valence-corrected chi connectivity index (χ3v) is 4.62. The van der Waals surface area contributed by atoms with Gasteiger partial charge in [0.15, 0.2) is 0 Å². The van der Waals surface area contributed by atoms with Gasteiger partial charge < -0.3 is 16.0 Å². The molecule has 0 aliphatic heterocycles. The van der Waals surface area contributed by atoms with Gasteiger partial charge in [-0.15, -0.1) is 0 Å². The zero-order chi connectivity index (χ0) is 22.1.